The second-order valence-corrected chi connectivity index (χ2v) is 6.04. The van der Waals surface area contributed by atoms with Crippen LogP contribution in [0.1, 0.15) is 24.1 Å². The molecule has 0 aromatic heterocycles. The Balaban J connectivity index is 2.21. The fraction of sp³-hybridized carbons (Fsp3) is 0.250. The monoisotopic (exact) mass is 371 g/mol. The highest BCUT2D eigenvalue weighted by atomic mass is 79.9. The molecule has 0 spiro atoms. The van der Waals surface area contributed by atoms with Crippen LogP contribution >= 0.6 is 27.5 Å². The predicted molar refractivity (Wildman–Crippen MR) is 87.4 cm³/mol. The summed E-state index contributed by atoms with van der Waals surface area (Å²) in [5.41, 5.74) is 1.65. The number of halogens is 3. The van der Waals surface area contributed by atoms with Gasteiger partial charge in [-0.3, -0.25) is 0 Å². The van der Waals surface area contributed by atoms with Crippen molar-refractivity contribution in [3.8, 4) is 5.75 Å². The second kappa shape index (κ2) is 7.25. The smallest absolute Gasteiger partial charge is 0.124 e. The van der Waals surface area contributed by atoms with Crippen LogP contribution in [0.4, 0.5) is 4.39 Å². The standard InChI is InChI=1S/C16H16BrClFNO/c1-10(20-2)14-8-12(17)3-6-16(14)21-9-11-7-13(19)4-5-15(11)18/h3-8,10,20H,9H2,1-2H3. The van der Waals surface area contributed by atoms with Crippen molar-refractivity contribution in [2.75, 3.05) is 7.05 Å². The van der Waals surface area contributed by atoms with E-state index in [0.29, 0.717) is 10.6 Å². The van der Waals surface area contributed by atoms with Crippen molar-refractivity contribution in [2.45, 2.75) is 19.6 Å². The molecule has 112 valence electrons. The molecule has 0 bridgehead atoms. The minimum absolute atomic E-state index is 0.139. The van der Waals surface area contributed by atoms with Crippen LogP contribution in [0, 0.1) is 5.82 Å². The van der Waals surface area contributed by atoms with Gasteiger partial charge in [0.15, 0.2) is 0 Å². The van der Waals surface area contributed by atoms with E-state index in [-0.39, 0.29) is 18.5 Å². The molecule has 21 heavy (non-hydrogen) atoms. The van der Waals surface area contributed by atoms with Crippen LogP contribution in [-0.4, -0.2) is 7.05 Å². The lowest BCUT2D eigenvalue weighted by molar-refractivity contribution is 0.299. The number of hydrogen-bond donors (Lipinski definition) is 1. The van der Waals surface area contributed by atoms with Gasteiger partial charge in [-0.25, -0.2) is 4.39 Å². The zero-order valence-electron chi connectivity index (χ0n) is 11.8. The Morgan fingerprint density at radius 1 is 1.29 bits per heavy atom. The molecule has 2 rings (SSSR count). The first kappa shape index (κ1) is 16.3. The van der Waals surface area contributed by atoms with Gasteiger partial charge in [0.05, 0.1) is 0 Å². The number of ether oxygens (including phenoxy) is 1. The van der Waals surface area contributed by atoms with Crippen LogP contribution in [0.3, 0.4) is 0 Å². The summed E-state index contributed by atoms with van der Waals surface area (Å²) in [7, 11) is 1.89. The van der Waals surface area contributed by atoms with E-state index in [2.05, 4.69) is 21.2 Å². The molecule has 0 radical (unpaired) electrons. The van der Waals surface area contributed by atoms with Gasteiger partial charge >= 0.3 is 0 Å². The zero-order chi connectivity index (χ0) is 15.4. The molecular formula is C16H16BrClFNO. The molecule has 0 amide bonds. The second-order valence-electron chi connectivity index (χ2n) is 4.72. The summed E-state index contributed by atoms with van der Waals surface area (Å²) >= 11 is 9.51. The summed E-state index contributed by atoms with van der Waals surface area (Å²) < 4.78 is 20.1. The van der Waals surface area contributed by atoms with E-state index in [9.17, 15) is 4.39 Å². The Bertz CT molecular complexity index is 636. The number of benzene rings is 2. The summed E-state index contributed by atoms with van der Waals surface area (Å²) in [4.78, 5) is 0. The highest BCUT2D eigenvalue weighted by Crippen LogP contribution is 2.29. The quantitative estimate of drug-likeness (QED) is 0.788. The van der Waals surface area contributed by atoms with Crippen molar-refractivity contribution in [2.24, 2.45) is 0 Å². The van der Waals surface area contributed by atoms with E-state index in [1.54, 1.807) is 0 Å². The SMILES string of the molecule is CNC(C)c1cc(Br)ccc1OCc1cc(F)ccc1Cl. The number of nitrogens with one attached hydrogen (secondary N) is 1. The zero-order valence-corrected chi connectivity index (χ0v) is 14.1. The fourth-order valence-electron chi connectivity index (χ4n) is 1.95. The van der Waals surface area contributed by atoms with E-state index >= 15 is 0 Å². The Labute approximate surface area is 137 Å². The maximum Gasteiger partial charge on any atom is 0.124 e. The molecule has 0 aliphatic heterocycles. The minimum atomic E-state index is -0.322. The molecule has 0 aliphatic carbocycles. The molecule has 1 N–H and O–H groups in total. The molecule has 2 aromatic carbocycles. The first-order chi connectivity index (χ1) is 10.0. The van der Waals surface area contributed by atoms with Crippen LogP contribution in [0.25, 0.3) is 0 Å². The van der Waals surface area contributed by atoms with E-state index < -0.39 is 0 Å². The van der Waals surface area contributed by atoms with Crippen molar-refractivity contribution in [3.05, 3.63) is 62.8 Å². The van der Waals surface area contributed by atoms with Gasteiger partial charge in [-0.2, -0.15) is 0 Å². The Morgan fingerprint density at radius 2 is 2.05 bits per heavy atom. The lowest BCUT2D eigenvalue weighted by atomic mass is 10.1. The molecule has 0 saturated heterocycles. The normalized spacial score (nSPS) is 12.2. The van der Waals surface area contributed by atoms with Gasteiger partial charge in [-0.15, -0.1) is 0 Å². The van der Waals surface area contributed by atoms with Gasteiger partial charge < -0.3 is 10.1 Å². The molecule has 0 fully saturated rings. The van der Waals surface area contributed by atoms with Crippen LogP contribution < -0.4 is 10.1 Å². The topological polar surface area (TPSA) is 21.3 Å². The minimum Gasteiger partial charge on any atom is -0.489 e. The first-order valence-corrected chi connectivity index (χ1v) is 7.72. The Hall–Kier alpha value is -1.10. The van der Waals surface area contributed by atoms with Crippen LogP contribution in [0.5, 0.6) is 5.75 Å². The average Bonchev–Trinajstić information content (AvgIpc) is 2.48. The van der Waals surface area contributed by atoms with Crippen molar-refractivity contribution in [3.63, 3.8) is 0 Å². The molecule has 5 heteroatoms. The lowest BCUT2D eigenvalue weighted by Crippen LogP contribution is -2.14. The summed E-state index contributed by atoms with van der Waals surface area (Å²) in [5, 5.41) is 3.68. The number of hydrogen-bond acceptors (Lipinski definition) is 2. The van der Waals surface area contributed by atoms with Gasteiger partial charge in [0, 0.05) is 26.7 Å². The van der Waals surface area contributed by atoms with E-state index in [4.69, 9.17) is 16.3 Å². The van der Waals surface area contributed by atoms with Crippen LogP contribution in [0.15, 0.2) is 40.9 Å². The molecular weight excluding hydrogens is 357 g/mol. The van der Waals surface area contributed by atoms with Crippen molar-refractivity contribution in [1.29, 1.82) is 0 Å². The van der Waals surface area contributed by atoms with Crippen molar-refractivity contribution in [1.82, 2.24) is 5.32 Å². The van der Waals surface area contributed by atoms with Crippen molar-refractivity contribution < 1.29 is 9.13 Å². The van der Waals surface area contributed by atoms with E-state index in [0.717, 1.165) is 15.8 Å². The van der Waals surface area contributed by atoms with Gasteiger partial charge in [-0.1, -0.05) is 27.5 Å². The maximum absolute atomic E-state index is 13.3. The fourth-order valence-corrected chi connectivity index (χ4v) is 2.50. The molecule has 1 unspecified atom stereocenters. The summed E-state index contributed by atoms with van der Waals surface area (Å²) in [6.07, 6.45) is 0. The molecule has 2 nitrogen and oxygen atoms in total. The molecule has 0 heterocycles. The molecule has 2 aromatic rings. The Morgan fingerprint density at radius 3 is 2.76 bits per heavy atom. The highest BCUT2D eigenvalue weighted by molar-refractivity contribution is 9.10. The van der Waals surface area contributed by atoms with Crippen LogP contribution in [0.2, 0.25) is 5.02 Å². The van der Waals surface area contributed by atoms with Gasteiger partial charge in [-0.05, 0) is 50.4 Å². The van der Waals surface area contributed by atoms with Gasteiger partial charge in [0.25, 0.3) is 0 Å². The highest BCUT2D eigenvalue weighted by Gasteiger charge is 2.12. The van der Waals surface area contributed by atoms with Gasteiger partial charge in [0.1, 0.15) is 18.2 Å². The third-order valence-corrected chi connectivity index (χ3v) is 4.12. The maximum atomic E-state index is 13.3. The predicted octanol–water partition coefficient (Wildman–Crippen LogP) is 5.10. The summed E-state index contributed by atoms with van der Waals surface area (Å²) in [5.74, 6) is 0.429. The largest absolute Gasteiger partial charge is 0.489 e. The van der Waals surface area contributed by atoms with E-state index in [1.165, 1.54) is 18.2 Å². The van der Waals surface area contributed by atoms with Gasteiger partial charge in [0.2, 0.25) is 0 Å². The third kappa shape index (κ3) is 4.19. The lowest BCUT2D eigenvalue weighted by Gasteiger charge is -2.17. The average molecular weight is 373 g/mol. The molecule has 0 saturated carbocycles. The van der Waals surface area contributed by atoms with Crippen molar-refractivity contribution >= 4 is 27.5 Å². The first-order valence-electron chi connectivity index (χ1n) is 6.54. The molecule has 1 atom stereocenters. The van der Waals surface area contributed by atoms with E-state index in [1.807, 2.05) is 32.2 Å². The molecule has 0 aliphatic rings. The Kier molecular flexibility index (Phi) is 5.62. The summed E-state index contributed by atoms with van der Waals surface area (Å²) in [6.45, 7) is 2.27. The number of rotatable bonds is 5. The third-order valence-electron chi connectivity index (χ3n) is 3.26. The summed E-state index contributed by atoms with van der Waals surface area (Å²) in [6, 6.07) is 10.2. The van der Waals surface area contributed by atoms with Crippen LogP contribution in [-0.2, 0) is 6.61 Å².